The molecule has 2 N–H and O–H groups in total. The molecular weight excluding hydrogens is 330 g/mol. The summed E-state index contributed by atoms with van der Waals surface area (Å²) in [4.78, 5) is 12.2. The summed E-state index contributed by atoms with van der Waals surface area (Å²) in [6.07, 6.45) is 0. The van der Waals surface area contributed by atoms with Gasteiger partial charge >= 0.3 is 0 Å². The van der Waals surface area contributed by atoms with Crippen LogP contribution < -0.4 is 5.32 Å². The van der Waals surface area contributed by atoms with Crippen LogP contribution in [-0.2, 0) is 0 Å². The number of hydrogen-bond donors (Lipinski definition) is 2. The molecule has 0 aliphatic heterocycles. The zero-order valence-corrected chi connectivity index (χ0v) is 13.4. The molecule has 0 unspecified atom stereocenters. The number of amides is 1. The van der Waals surface area contributed by atoms with Crippen LogP contribution in [0.2, 0.25) is 0 Å². The Bertz CT molecular complexity index is 613. The molecule has 0 aliphatic carbocycles. The summed E-state index contributed by atoms with van der Waals surface area (Å²) in [6.45, 7) is 2.35. The molecule has 3 nitrogen and oxygen atoms in total. The van der Waals surface area contributed by atoms with E-state index in [0.29, 0.717) is 12.1 Å². The van der Waals surface area contributed by atoms with Crippen LogP contribution in [0, 0.1) is 6.92 Å². The molecule has 0 fully saturated rings. The van der Waals surface area contributed by atoms with Crippen LogP contribution in [0.25, 0.3) is 0 Å². The van der Waals surface area contributed by atoms with Gasteiger partial charge in [-0.05, 0) is 40.0 Å². The van der Waals surface area contributed by atoms with Crippen LogP contribution in [0.1, 0.15) is 27.4 Å². The number of hydrogen-bond acceptors (Lipinski definition) is 2. The summed E-state index contributed by atoms with van der Waals surface area (Å²) in [5.74, 6) is -0.237. The van der Waals surface area contributed by atoms with Gasteiger partial charge in [0.2, 0.25) is 0 Å². The zero-order chi connectivity index (χ0) is 15.2. The monoisotopic (exact) mass is 347 g/mol. The van der Waals surface area contributed by atoms with E-state index < -0.39 is 0 Å². The average molecular weight is 348 g/mol. The number of rotatable bonds is 5. The maximum atomic E-state index is 12.2. The summed E-state index contributed by atoms with van der Waals surface area (Å²) < 4.78 is 0.808. The molecule has 0 saturated carbocycles. The molecule has 21 heavy (non-hydrogen) atoms. The molecule has 2 aromatic rings. The van der Waals surface area contributed by atoms with E-state index in [9.17, 15) is 9.90 Å². The summed E-state index contributed by atoms with van der Waals surface area (Å²) in [5.41, 5.74) is 2.65. The van der Waals surface area contributed by atoms with Gasteiger partial charge in [-0.1, -0.05) is 42.5 Å². The fourth-order valence-corrected chi connectivity index (χ4v) is 2.59. The number of aryl methyl sites for hydroxylation is 1. The topological polar surface area (TPSA) is 49.3 Å². The normalized spacial score (nSPS) is 12.0. The second-order valence-electron chi connectivity index (χ2n) is 4.94. The van der Waals surface area contributed by atoms with Crippen molar-refractivity contribution in [2.45, 2.75) is 12.8 Å². The predicted octanol–water partition coefficient (Wildman–Crippen LogP) is 3.26. The van der Waals surface area contributed by atoms with E-state index in [2.05, 4.69) is 21.2 Å². The smallest absolute Gasteiger partial charge is 0.252 e. The molecule has 110 valence electrons. The molecule has 0 saturated heterocycles. The first-order valence-corrected chi connectivity index (χ1v) is 7.62. The van der Waals surface area contributed by atoms with Gasteiger partial charge in [0.1, 0.15) is 0 Å². The van der Waals surface area contributed by atoms with Crippen molar-refractivity contribution in [2.24, 2.45) is 0 Å². The number of aliphatic hydroxyl groups excluding tert-OH is 1. The van der Waals surface area contributed by atoms with Gasteiger partial charge in [-0.25, -0.2) is 0 Å². The highest BCUT2D eigenvalue weighted by atomic mass is 79.9. The van der Waals surface area contributed by atoms with Gasteiger partial charge in [-0.15, -0.1) is 0 Å². The third-order valence-corrected chi connectivity index (χ3v) is 4.49. The highest BCUT2D eigenvalue weighted by Gasteiger charge is 2.15. The van der Waals surface area contributed by atoms with Gasteiger partial charge in [0.15, 0.2) is 0 Å². The molecule has 2 aromatic carbocycles. The quantitative estimate of drug-likeness (QED) is 0.871. The predicted molar refractivity (Wildman–Crippen MR) is 87.5 cm³/mol. The molecule has 4 heteroatoms. The van der Waals surface area contributed by atoms with Crippen LogP contribution >= 0.6 is 15.9 Å². The zero-order valence-electron chi connectivity index (χ0n) is 11.8. The second kappa shape index (κ2) is 7.38. The van der Waals surface area contributed by atoms with E-state index in [0.717, 1.165) is 15.6 Å². The van der Waals surface area contributed by atoms with Crippen molar-refractivity contribution in [2.75, 3.05) is 13.2 Å². The van der Waals surface area contributed by atoms with Crippen molar-refractivity contribution in [3.63, 3.8) is 0 Å². The number of benzene rings is 2. The lowest BCUT2D eigenvalue weighted by molar-refractivity contribution is 0.0947. The molecule has 0 radical (unpaired) electrons. The Labute approximate surface area is 133 Å². The van der Waals surface area contributed by atoms with E-state index in [4.69, 9.17) is 0 Å². The minimum Gasteiger partial charge on any atom is -0.396 e. The molecule has 0 heterocycles. The first-order chi connectivity index (χ1) is 10.1. The summed E-state index contributed by atoms with van der Waals surface area (Å²) in [6, 6.07) is 15.3. The van der Waals surface area contributed by atoms with Crippen molar-refractivity contribution in [1.82, 2.24) is 5.32 Å². The van der Waals surface area contributed by atoms with Crippen molar-refractivity contribution in [1.29, 1.82) is 0 Å². The Kier molecular flexibility index (Phi) is 5.53. The molecule has 1 amide bonds. The van der Waals surface area contributed by atoms with E-state index in [1.54, 1.807) is 6.07 Å². The SMILES string of the molecule is Cc1cccc(C(=O)NC[C@H](CO)c2ccccc2)c1Br. The number of aliphatic hydroxyl groups is 1. The van der Waals surface area contributed by atoms with Crippen molar-refractivity contribution >= 4 is 21.8 Å². The number of halogens is 1. The van der Waals surface area contributed by atoms with E-state index in [-0.39, 0.29) is 18.4 Å². The van der Waals surface area contributed by atoms with E-state index in [1.807, 2.05) is 49.4 Å². The minimum absolute atomic E-state index is 0.000714. The highest BCUT2D eigenvalue weighted by molar-refractivity contribution is 9.10. The van der Waals surface area contributed by atoms with Gasteiger partial charge in [-0.3, -0.25) is 4.79 Å². The molecule has 0 bridgehead atoms. The first-order valence-electron chi connectivity index (χ1n) is 6.82. The van der Waals surface area contributed by atoms with Crippen LogP contribution in [0.15, 0.2) is 53.0 Å². The Morgan fingerprint density at radius 3 is 2.57 bits per heavy atom. The molecule has 0 aromatic heterocycles. The molecular formula is C17H18BrNO2. The molecule has 2 rings (SSSR count). The number of carbonyl (C=O) groups excluding carboxylic acids is 1. The first kappa shape index (κ1) is 15.7. The average Bonchev–Trinajstić information content (AvgIpc) is 2.51. The van der Waals surface area contributed by atoms with Gasteiger partial charge in [0.25, 0.3) is 5.91 Å². The number of nitrogens with one attached hydrogen (secondary N) is 1. The Hall–Kier alpha value is -1.65. The summed E-state index contributed by atoms with van der Waals surface area (Å²) in [7, 11) is 0. The van der Waals surface area contributed by atoms with Crippen LogP contribution in [0.3, 0.4) is 0 Å². The van der Waals surface area contributed by atoms with Gasteiger partial charge < -0.3 is 10.4 Å². The lowest BCUT2D eigenvalue weighted by Crippen LogP contribution is -2.30. The Morgan fingerprint density at radius 2 is 1.90 bits per heavy atom. The Balaban J connectivity index is 2.05. The van der Waals surface area contributed by atoms with E-state index >= 15 is 0 Å². The third kappa shape index (κ3) is 3.93. The number of carbonyl (C=O) groups is 1. The highest BCUT2D eigenvalue weighted by Crippen LogP contribution is 2.21. The summed E-state index contributed by atoms with van der Waals surface area (Å²) in [5, 5.41) is 12.4. The second-order valence-corrected chi connectivity index (χ2v) is 5.73. The van der Waals surface area contributed by atoms with Crippen molar-refractivity contribution in [3.05, 3.63) is 69.7 Å². The third-order valence-electron chi connectivity index (χ3n) is 3.44. The van der Waals surface area contributed by atoms with Gasteiger partial charge in [0, 0.05) is 16.9 Å². The fourth-order valence-electron chi connectivity index (χ4n) is 2.15. The molecule has 0 aliphatic rings. The maximum Gasteiger partial charge on any atom is 0.252 e. The maximum absolute atomic E-state index is 12.2. The fraction of sp³-hybridized carbons (Fsp3) is 0.235. The molecule has 0 spiro atoms. The summed E-state index contributed by atoms with van der Waals surface area (Å²) >= 11 is 3.44. The van der Waals surface area contributed by atoms with Gasteiger partial charge in [-0.2, -0.15) is 0 Å². The van der Waals surface area contributed by atoms with Crippen LogP contribution in [0.5, 0.6) is 0 Å². The minimum atomic E-state index is -0.139. The van der Waals surface area contributed by atoms with Gasteiger partial charge in [0.05, 0.1) is 12.2 Å². The lowest BCUT2D eigenvalue weighted by atomic mass is 10.00. The standard InChI is InChI=1S/C17H18BrNO2/c1-12-6-5-9-15(16(12)18)17(21)19-10-14(11-20)13-7-3-2-4-8-13/h2-9,14,20H,10-11H2,1H3,(H,19,21)/t14-/m1/s1. The largest absolute Gasteiger partial charge is 0.396 e. The van der Waals surface area contributed by atoms with Crippen LogP contribution in [-0.4, -0.2) is 24.2 Å². The molecule has 1 atom stereocenters. The lowest BCUT2D eigenvalue weighted by Gasteiger charge is -2.16. The van der Waals surface area contributed by atoms with E-state index in [1.165, 1.54) is 0 Å². The van der Waals surface area contributed by atoms with Crippen LogP contribution in [0.4, 0.5) is 0 Å². The van der Waals surface area contributed by atoms with Crippen molar-refractivity contribution < 1.29 is 9.90 Å². The Morgan fingerprint density at radius 1 is 1.19 bits per heavy atom. The van der Waals surface area contributed by atoms with Crippen molar-refractivity contribution in [3.8, 4) is 0 Å².